The lowest BCUT2D eigenvalue weighted by molar-refractivity contribution is 0.265. The topological polar surface area (TPSA) is 66.4 Å². The Morgan fingerprint density at radius 2 is 2.12 bits per heavy atom. The summed E-state index contributed by atoms with van der Waals surface area (Å²) >= 11 is 0. The summed E-state index contributed by atoms with van der Waals surface area (Å²) in [7, 11) is -3.37. The van der Waals surface area contributed by atoms with E-state index in [9.17, 15) is 8.42 Å². The highest BCUT2D eigenvalue weighted by Gasteiger charge is 2.14. The fourth-order valence-electron chi connectivity index (χ4n) is 1.41. The molecule has 1 aromatic rings. The minimum atomic E-state index is -3.37. The molecule has 0 saturated heterocycles. The Morgan fingerprint density at radius 3 is 2.69 bits per heavy atom. The van der Waals surface area contributed by atoms with Gasteiger partial charge in [0.1, 0.15) is 0 Å². The van der Waals surface area contributed by atoms with E-state index in [1.165, 1.54) is 0 Å². The maximum Gasteiger partial charge on any atom is 0.216 e. The summed E-state index contributed by atoms with van der Waals surface area (Å²) in [6, 6.07) is 6.91. The highest BCUT2D eigenvalue weighted by molar-refractivity contribution is 7.88. The van der Waals surface area contributed by atoms with Crippen LogP contribution < -0.4 is 4.72 Å². The van der Waals surface area contributed by atoms with Crippen molar-refractivity contribution in [3.63, 3.8) is 0 Å². The number of hydrogen-bond donors (Lipinski definition) is 2. The van der Waals surface area contributed by atoms with Crippen LogP contribution in [-0.4, -0.2) is 26.2 Å². The Kier molecular flexibility index (Phi) is 4.46. The molecule has 0 radical (unpaired) electrons. The minimum Gasteiger partial charge on any atom is -0.395 e. The summed E-state index contributed by atoms with van der Waals surface area (Å²) in [6.45, 7) is 3.33. The second-order valence-corrected chi connectivity index (χ2v) is 5.70. The molecule has 0 aliphatic rings. The molecular formula is C11H17NO3S. The van der Waals surface area contributed by atoms with Gasteiger partial charge in [-0.1, -0.05) is 29.8 Å². The van der Waals surface area contributed by atoms with Crippen LogP contribution >= 0.6 is 0 Å². The van der Waals surface area contributed by atoms with Crippen LogP contribution in [0.1, 0.15) is 18.1 Å². The molecule has 0 aromatic heterocycles. The normalized spacial score (nSPS) is 13.7. The van der Waals surface area contributed by atoms with Crippen LogP contribution in [0, 0.1) is 6.92 Å². The molecule has 0 saturated carbocycles. The second-order valence-electron chi connectivity index (χ2n) is 3.95. The van der Waals surface area contributed by atoms with Crippen LogP contribution in [0.15, 0.2) is 24.3 Å². The van der Waals surface area contributed by atoms with Crippen molar-refractivity contribution in [1.82, 2.24) is 4.72 Å². The molecule has 0 fully saturated rings. The van der Waals surface area contributed by atoms with Crippen LogP contribution in [0.3, 0.4) is 0 Å². The Balaban J connectivity index is 2.73. The SMILES string of the molecule is Cc1cccc(CS(=O)(=O)N[C@@H](C)CO)c1. The number of aliphatic hydroxyl groups excluding tert-OH is 1. The molecule has 0 aliphatic heterocycles. The molecule has 4 nitrogen and oxygen atoms in total. The van der Waals surface area contributed by atoms with Gasteiger partial charge in [-0.05, 0) is 19.4 Å². The van der Waals surface area contributed by atoms with Crippen molar-refractivity contribution in [1.29, 1.82) is 0 Å². The van der Waals surface area contributed by atoms with Crippen molar-refractivity contribution < 1.29 is 13.5 Å². The van der Waals surface area contributed by atoms with Gasteiger partial charge in [0.05, 0.1) is 12.4 Å². The average molecular weight is 243 g/mol. The summed E-state index contributed by atoms with van der Waals surface area (Å²) in [6.07, 6.45) is 0. The lowest BCUT2D eigenvalue weighted by atomic mass is 10.2. The van der Waals surface area contributed by atoms with Gasteiger partial charge in [-0.2, -0.15) is 0 Å². The summed E-state index contributed by atoms with van der Waals surface area (Å²) in [4.78, 5) is 0. The Hall–Kier alpha value is -0.910. The number of benzene rings is 1. The van der Waals surface area contributed by atoms with Gasteiger partial charge in [-0.15, -0.1) is 0 Å². The van der Waals surface area contributed by atoms with Gasteiger partial charge in [0, 0.05) is 6.04 Å². The highest BCUT2D eigenvalue weighted by Crippen LogP contribution is 2.08. The van der Waals surface area contributed by atoms with Gasteiger partial charge in [-0.25, -0.2) is 13.1 Å². The lowest BCUT2D eigenvalue weighted by Gasteiger charge is -2.11. The molecule has 0 aliphatic carbocycles. The monoisotopic (exact) mass is 243 g/mol. The molecule has 0 spiro atoms. The van der Waals surface area contributed by atoms with Crippen molar-refractivity contribution in [2.24, 2.45) is 0 Å². The molecule has 0 bridgehead atoms. The molecule has 2 N–H and O–H groups in total. The molecule has 5 heteroatoms. The molecule has 1 atom stereocenters. The molecule has 0 unspecified atom stereocenters. The van der Waals surface area contributed by atoms with E-state index in [-0.39, 0.29) is 12.4 Å². The van der Waals surface area contributed by atoms with Crippen LogP contribution in [-0.2, 0) is 15.8 Å². The molecule has 1 aromatic carbocycles. The van der Waals surface area contributed by atoms with Crippen LogP contribution in [0.5, 0.6) is 0 Å². The van der Waals surface area contributed by atoms with E-state index in [0.717, 1.165) is 11.1 Å². The van der Waals surface area contributed by atoms with E-state index in [4.69, 9.17) is 5.11 Å². The number of nitrogens with one attached hydrogen (secondary N) is 1. The third-order valence-electron chi connectivity index (χ3n) is 2.09. The smallest absolute Gasteiger partial charge is 0.216 e. The van der Waals surface area contributed by atoms with Gasteiger partial charge >= 0.3 is 0 Å². The largest absolute Gasteiger partial charge is 0.395 e. The highest BCUT2D eigenvalue weighted by atomic mass is 32.2. The Labute approximate surface area is 96.4 Å². The maximum absolute atomic E-state index is 11.7. The van der Waals surface area contributed by atoms with Crippen molar-refractivity contribution in [2.75, 3.05) is 6.61 Å². The predicted octanol–water partition coefficient (Wildman–Crippen LogP) is 0.795. The maximum atomic E-state index is 11.7. The predicted molar refractivity (Wildman–Crippen MR) is 63.5 cm³/mol. The van der Waals surface area contributed by atoms with Gasteiger partial charge in [0.2, 0.25) is 10.0 Å². The van der Waals surface area contributed by atoms with Crippen molar-refractivity contribution in [3.8, 4) is 0 Å². The van der Waals surface area contributed by atoms with Crippen molar-refractivity contribution in [3.05, 3.63) is 35.4 Å². The molecule has 1 rings (SSSR count). The quantitative estimate of drug-likeness (QED) is 0.803. The summed E-state index contributed by atoms with van der Waals surface area (Å²) < 4.78 is 25.7. The molecule has 0 amide bonds. The first kappa shape index (κ1) is 13.2. The van der Waals surface area contributed by atoms with Gasteiger partial charge < -0.3 is 5.11 Å². The molecule has 0 heterocycles. The lowest BCUT2D eigenvalue weighted by Crippen LogP contribution is -2.35. The second kappa shape index (κ2) is 5.43. The fourth-order valence-corrected chi connectivity index (χ4v) is 2.80. The van der Waals surface area contributed by atoms with E-state index in [2.05, 4.69) is 4.72 Å². The van der Waals surface area contributed by atoms with Crippen LogP contribution in [0.4, 0.5) is 0 Å². The summed E-state index contributed by atoms with van der Waals surface area (Å²) in [5, 5.41) is 8.78. The first-order valence-corrected chi connectivity index (χ1v) is 6.74. The molecule has 16 heavy (non-hydrogen) atoms. The summed E-state index contributed by atoms with van der Waals surface area (Å²) in [5.41, 5.74) is 1.78. The minimum absolute atomic E-state index is 0.0565. The first-order chi connectivity index (χ1) is 7.43. The number of sulfonamides is 1. The number of aliphatic hydroxyl groups is 1. The number of rotatable bonds is 5. The number of hydrogen-bond acceptors (Lipinski definition) is 3. The third kappa shape index (κ3) is 4.30. The summed E-state index contributed by atoms with van der Waals surface area (Å²) in [5.74, 6) is -0.0565. The zero-order valence-electron chi connectivity index (χ0n) is 9.47. The van der Waals surface area contributed by atoms with E-state index in [1.54, 1.807) is 13.0 Å². The zero-order chi connectivity index (χ0) is 12.2. The van der Waals surface area contributed by atoms with Crippen LogP contribution in [0.2, 0.25) is 0 Å². The van der Waals surface area contributed by atoms with E-state index >= 15 is 0 Å². The van der Waals surface area contributed by atoms with Crippen molar-refractivity contribution >= 4 is 10.0 Å². The number of aryl methyl sites for hydroxylation is 1. The molecular weight excluding hydrogens is 226 g/mol. The molecule has 90 valence electrons. The van der Waals surface area contributed by atoms with E-state index < -0.39 is 16.1 Å². The standard InChI is InChI=1S/C11H17NO3S/c1-9-4-3-5-11(6-9)8-16(14,15)12-10(2)7-13/h3-6,10,12-13H,7-8H2,1-2H3/t10-/m0/s1. The van der Waals surface area contributed by atoms with E-state index in [1.807, 2.05) is 25.1 Å². The van der Waals surface area contributed by atoms with Gasteiger partial charge in [-0.3, -0.25) is 0 Å². The van der Waals surface area contributed by atoms with Gasteiger partial charge in [0.25, 0.3) is 0 Å². The first-order valence-electron chi connectivity index (χ1n) is 5.09. The fraction of sp³-hybridized carbons (Fsp3) is 0.455. The Morgan fingerprint density at radius 1 is 1.44 bits per heavy atom. The average Bonchev–Trinajstić information content (AvgIpc) is 2.15. The Bertz CT molecular complexity index is 442. The zero-order valence-corrected chi connectivity index (χ0v) is 10.3. The van der Waals surface area contributed by atoms with Crippen LogP contribution in [0.25, 0.3) is 0 Å². The van der Waals surface area contributed by atoms with E-state index in [0.29, 0.717) is 0 Å². The third-order valence-corrected chi connectivity index (χ3v) is 3.57. The van der Waals surface area contributed by atoms with Gasteiger partial charge in [0.15, 0.2) is 0 Å². The van der Waals surface area contributed by atoms with Crippen molar-refractivity contribution in [2.45, 2.75) is 25.6 Å².